The molecule has 88 valence electrons. The molecule has 0 N–H and O–H groups in total. The molecule has 0 saturated heterocycles. The van der Waals surface area contributed by atoms with E-state index in [4.69, 9.17) is 13.6 Å². The quantitative estimate of drug-likeness (QED) is 0.383. The third-order valence-corrected chi connectivity index (χ3v) is 2.99. The Bertz CT molecular complexity index is 261. The molecular formula is C10H19O4P. The normalized spacial score (nSPS) is 13.5. The zero-order valence-corrected chi connectivity index (χ0v) is 10.6. The number of phosphoric ester groups is 1. The molecule has 0 aliphatic carbocycles. The Hall–Kier alpha value is -0.570. The smallest absolute Gasteiger partial charge is 0.404 e. The van der Waals surface area contributed by atoms with Gasteiger partial charge in [-0.2, -0.15) is 0 Å². The molecule has 5 heteroatoms. The molecule has 0 spiro atoms. The van der Waals surface area contributed by atoms with E-state index >= 15 is 0 Å². The molecule has 0 aromatic carbocycles. The molecule has 0 aliphatic rings. The predicted octanol–water partition coefficient (Wildman–Crippen LogP) is 3.66. The fourth-order valence-corrected chi connectivity index (χ4v) is 2.12. The van der Waals surface area contributed by atoms with Gasteiger partial charge in [0.2, 0.25) is 0 Å². The summed E-state index contributed by atoms with van der Waals surface area (Å²) in [5, 5.41) is 0. The van der Waals surface area contributed by atoms with Crippen LogP contribution in [0.15, 0.2) is 24.0 Å². The lowest BCUT2D eigenvalue weighted by Gasteiger charge is -2.17. The van der Waals surface area contributed by atoms with Gasteiger partial charge < -0.3 is 4.52 Å². The first kappa shape index (κ1) is 14.4. The highest BCUT2D eigenvalue weighted by atomic mass is 31.2. The zero-order valence-electron chi connectivity index (χ0n) is 9.73. The third-order valence-electron chi connectivity index (χ3n) is 1.41. The Morgan fingerprint density at radius 3 is 2.07 bits per heavy atom. The zero-order chi connectivity index (χ0) is 11.7. The van der Waals surface area contributed by atoms with E-state index in [1.807, 2.05) is 6.92 Å². The maximum atomic E-state index is 11.9. The first-order chi connectivity index (χ1) is 7.11. The Balaban J connectivity index is 4.59. The maximum Gasteiger partial charge on any atom is 0.530 e. The highest BCUT2D eigenvalue weighted by Gasteiger charge is 2.27. The summed E-state index contributed by atoms with van der Waals surface area (Å²) < 4.78 is 27.1. The van der Waals surface area contributed by atoms with Crippen LogP contribution in [0, 0.1) is 0 Å². The lowest BCUT2D eigenvalue weighted by molar-refractivity contribution is 0.148. The summed E-state index contributed by atoms with van der Waals surface area (Å²) in [6, 6.07) is 0. The molecule has 0 heterocycles. The summed E-state index contributed by atoms with van der Waals surface area (Å²) in [6.07, 6.45) is 5.19. The Morgan fingerprint density at radius 2 is 1.73 bits per heavy atom. The molecule has 0 aliphatic heterocycles. The van der Waals surface area contributed by atoms with Crippen LogP contribution in [0.4, 0.5) is 0 Å². The molecule has 15 heavy (non-hydrogen) atoms. The standard InChI is InChI=1S/C10H19O4P/c1-5-9-10(6-2)14-15(11,12-7-3)13-8-4/h5-6,9H,7-8H2,1-4H3/b9-5+,10-6+. The minimum atomic E-state index is -3.44. The van der Waals surface area contributed by atoms with Gasteiger partial charge in [0.1, 0.15) is 5.76 Å². The van der Waals surface area contributed by atoms with Crippen molar-refractivity contribution in [3.63, 3.8) is 0 Å². The third kappa shape index (κ3) is 5.78. The Morgan fingerprint density at radius 1 is 1.20 bits per heavy atom. The summed E-state index contributed by atoms with van der Waals surface area (Å²) in [4.78, 5) is 0. The van der Waals surface area contributed by atoms with E-state index in [1.54, 1.807) is 39.0 Å². The molecule has 0 radical (unpaired) electrons. The van der Waals surface area contributed by atoms with Crippen LogP contribution in [0.3, 0.4) is 0 Å². The average Bonchev–Trinajstić information content (AvgIpc) is 2.17. The molecule has 0 bridgehead atoms. The number of rotatable bonds is 7. The predicted molar refractivity (Wildman–Crippen MR) is 60.5 cm³/mol. The van der Waals surface area contributed by atoms with Crippen molar-refractivity contribution in [3.8, 4) is 0 Å². The van der Waals surface area contributed by atoms with Gasteiger partial charge in [0, 0.05) is 0 Å². The minimum absolute atomic E-state index is 0.282. The fraction of sp³-hybridized carbons (Fsp3) is 0.600. The number of hydrogen-bond acceptors (Lipinski definition) is 4. The van der Waals surface area contributed by atoms with Crippen molar-refractivity contribution in [1.82, 2.24) is 0 Å². The van der Waals surface area contributed by atoms with Crippen LogP contribution in [-0.4, -0.2) is 13.2 Å². The molecule has 0 unspecified atom stereocenters. The van der Waals surface area contributed by atoms with E-state index in [1.165, 1.54) is 0 Å². The van der Waals surface area contributed by atoms with Crippen molar-refractivity contribution < 1.29 is 18.1 Å². The average molecular weight is 234 g/mol. The van der Waals surface area contributed by atoms with Crippen LogP contribution < -0.4 is 0 Å². The van der Waals surface area contributed by atoms with E-state index in [-0.39, 0.29) is 13.2 Å². The maximum absolute atomic E-state index is 11.9. The molecule has 0 rings (SSSR count). The second kappa shape index (κ2) is 7.69. The first-order valence-corrected chi connectivity index (χ1v) is 6.45. The SMILES string of the molecule is C/C=C/C(=C\C)OP(=O)(OCC)OCC. The van der Waals surface area contributed by atoms with Gasteiger partial charge in [0.05, 0.1) is 13.2 Å². The van der Waals surface area contributed by atoms with Crippen LogP contribution in [-0.2, 0) is 18.1 Å². The van der Waals surface area contributed by atoms with E-state index < -0.39 is 7.82 Å². The molecule has 0 atom stereocenters. The second-order valence-electron chi connectivity index (χ2n) is 2.57. The van der Waals surface area contributed by atoms with E-state index in [0.29, 0.717) is 5.76 Å². The lowest BCUT2D eigenvalue weighted by Crippen LogP contribution is -1.99. The van der Waals surface area contributed by atoms with Crippen molar-refractivity contribution in [1.29, 1.82) is 0 Å². The molecule has 0 saturated carbocycles. The second-order valence-corrected chi connectivity index (χ2v) is 4.16. The van der Waals surface area contributed by atoms with Gasteiger partial charge in [-0.25, -0.2) is 4.57 Å². The summed E-state index contributed by atoms with van der Waals surface area (Å²) >= 11 is 0. The number of phosphoric acid groups is 1. The van der Waals surface area contributed by atoms with Crippen LogP contribution in [0.5, 0.6) is 0 Å². The minimum Gasteiger partial charge on any atom is -0.404 e. The van der Waals surface area contributed by atoms with Gasteiger partial charge in [-0.1, -0.05) is 6.08 Å². The summed E-state index contributed by atoms with van der Waals surface area (Å²) in [6.45, 7) is 7.67. The van der Waals surface area contributed by atoms with Crippen molar-refractivity contribution >= 4 is 7.82 Å². The topological polar surface area (TPSA) is 44.8 Å². The van der Waals surface area contributed by atoms with Crippen LogP contribution >= 0.6 is 7.82 Å². The summed E-state index contributed by atoms with van der Waals surface area (Å²) in [5.41, 5.74) is 0. The van der Waals surface area contributed by atoms with E-state index in [0.717, 1.165) is 0 Å². The largest absolute Gasteiger partial charge is 0.530 e. The van der Waals surface area contributed by atoms with Crippen molar-refractivity contribution in [2.75, 3.05) is 13.2 Å². The molecule has 0 aromatic heterocycles. The van der Waals surface area contributed by atoms with Gasteiger partial charge in [-0.3, -0.25) is 9.05 Å². The van der Waals surface area contributed by atoms with Crippen molar-refractivity contribution in [2.45, 2.75) is 27.7 Å². The number of allylic oxidation sites excluding steroid dienone is 3. The van der Waals surface area contributed by atoms with Crippen LogP contribution in [0.1, 0.15) is 27.7 Å². The summed E-state index contributed by atoms with van der Waals surface area (Å²) in [5.74, 6) is 0.475. The molecule has 0 fully saturated rings. The monoisotopic (exact) mass is 234 g/mol. The van der Waals surface area contributed by atoms with Gasteiger partial charge in [0.15, 0.2) is 0 Å². The van der Waals surface area contributed by atoms with Gasteiger partial charge in [-0.05, 0) is 39.8 Å². The Labute approximate surface area is 91.5 Å². The summed E-state index contributed by atoms with van der Waals surface area (Å²) in [7, 11) is -3.44. The number of hydrogen-bond donors (Lipinski definition) is 0. The van der Waals surface area contributed by atoms with Crippen LogP contribution in [0.2, 0.25) is 0 Å². The van der Waals surface area contributed by atoms with E-state index in [9.17, 15) is 4.57 Å². The molecular weight excluding hydrogens is 215 g/mol. The van der Waals surface area contributed by atoms with E-state index in [2.05, 4.69) is 0 Å². The molecule has 0 aromatic rings. The Kier molecular flexibility index (Phi) is 7.39. The van der Waals surface area contributed by atoms with Gasteiger partial charge >= 0.3 is 7.82 Å². The highest BCUT2D eigenvalue weighted by Crippen LogP contribution is 2.51. The highest BCUT2D eigenvalue weighted by molar-refractivity contribution is 7.48. The van der Waals surface area contributed by atoms with Crippen molar-refractivity contribution in [2.24, 2.45) is 0 Å². The molecule has 4 nitrogen and oxygen atoms in total. The van der Waals surface area contributed by atoms with Gasteiger partial charge in [0.25, 0.3) is 0 Å². The van der Waals surface area contributed by atoms with Crippen molar-refractivity contribution in [3.05, 3.63) is 24.0 Å². The van der Waals surface area contributed by atoms with Crippen LogP contribution in [0.25, 0.3) is 0 Å². The fourth-order valence-electron chi connectivity index (χ4n) is 0.879. The lowest BCUT2D eigenvalue weighted by atomic mass is 10.4. The van der Waals surface area contributed by atoms with Gasteiger partial charge in [-0.15, -0.1) is 0 Å². The molecule has 0 amide bonds. The first-order valence-electron chi connectivity index (χ1n) is 4.99.